The summed E-state index contributed by atoms with van der Waals surface area (Å²) in [6.07, 6.45) is 1.84. The Labute approximate surface area is 154 Å². The summed E-state index contributed by atoms with van der Waals surface area (Å²) < 4.78 is 1.14. The van der Waals surface area contributed by atoms with Crippen molar-refractivity contribution in [2.24, 2.45) is 0 Å². The van der Waals surface area contributed by atoms with E-state index in [0.29, 0.717) is 0 Å². The van der Waals surface area contributed by atoms with E-state index in [2.05, 4.69) is 68.3 Å². The number of hydrogen-bond acceptors (Lipinski definition) is 4. The van der Waals surface area contributed by atoms with Crippen LogP contribution in [0, 0.1) is 0 Å². The van der Waals surface area contributed by atoms with Gasteiger partial charge in [0.05, 0.1) is 21.6 Å². The van der Waals surface area contributed by atoms with Gasteiger partial charge in [-0.05, 0) is 66.5 Å². The molecular weight excluding hydrogens is 392 g/mol. The fourth-order valence-electron chi connectivity index (χ4n) is 2.75. The zero-order valence-corrected chi connectivity index (χ0v) is 16.3. The van der Waals surface area contributed by atoms with E-state index >= 15 is 0 Å². The molecule has 0 unspecified atom stereocenters. The third-order valence-corrected chi connectivity index (χ3v) is 5.92. The zero-order chi connectivity index (χ0) is 16.4. The van der Waals surface area contributed by atoms with Crippen molar-refractivity contribution in [2.75, 3.05) is 27.2 Å². The second kappa shape index (κ2) is 7.25. The molecule has 0 aromatic carbocycles. The maximum Gasteiger partial charge on any atom is 0.170 e. The van der Waals surface area contributed by atoms with E-state index in [1.54, 1.807) is 11.3 Å². The molecule has 1 fully saturated rings. The van der Waals surface area contributed by atoms with Crippen LogP contribution in [0.2, 0.25) is 0 Å². The topological polar surface area (TPSA) is 31.4 Å². The summed E-state index contributed by atoms with van der Waals surface area (Å²) in [6.45, 7) is 1.85. The van der Waals surface area contributed by atoms with Gasteiger partial charge in [-0.15, -0.1) is 11.3 Å². The quantitative estimate of drug-likeness (QED) is 0.762. The van der Waals surface area contributed by atoms with Crippen molar-refractivity contribution < 1.29 is 0 Å². The molecule has 0 saturated carbocycles. The lowest BCUT2D eigenvalue weighted by atomic mass is 10.0. The molecule has 2 aromatic rings. The van der Waals surface area contributed by atoms with Crippen molar-refractivity contribution in [1.82, 2.24) is 20.1 Å². The van der Waals surface area contributed by atoms with Crippen molar-refractivity contribution in [3.05, 3.63) is 50.9 Å². The fourth-order valence-corrected chi connectivity index (χ4v) is 4.66. The van der Waals surface area contributed by atoms with Gasteiger partial charge in [-0.2, -0.15) is 0 Å². The Bertz CT molecular complexity index is 674. The van der Waals surface area contributed by atoms with Crippen LogP contribution in [0.15, 0.2) is 40.3 Å². The Hall–Kier alpha value is -1.02. The number of halogens is 1. The lowest BCUT2D eigenvalue weighted by Gasteiger charge is -2.27. The van der Waals surface area contributed by atoms with Gasteiger partial charge < -0.3 is 15.1 Å². The van der Waals surface area contributed by atoms with Crippen LogP contribution in [-0.4, -0.2) is 47.1 Å². The van der Waals surface area contributed by atoms with Crippen molar-refractivity contribution in [2.45, 2.75) is 12.1 Å². The van der Waals surface area contributed by atoms with E-state index in [-0.39, 0.29) is 12.1 Å². The standard InChI is InChI=1S/C16H19BrN4S2/c1-20(2)9-10-21-15(12-6-7-13(17)23-12)14(19-16(21)22)11-5-3-4-8-18-11/h3-8,14-15H,9-10H2,1-2H3,(H,19,22)/t14-,15-/m1/s1. The predicted molar refractivity (Wildman–Crippen MR) is 103 cm³/mol. The molecule has 2 aromatic heterocycles. The molecule has 3 heterocycles. The Morgan fingerprint density at radius 2 is 2.17 bits per heavy atom. The molecule has 3 rings (SSSR count). The van der Waals surface area contributed by atoms with Gasteiger partial charge in [-0.25, -0.2) is 0 Å². The van der Waals surface area contributed by atoms with Crippen molar-refractivity contribution in [3.8, 4) is 0 Å². The maximum absolute atomic E-state index is 5.61. The van der Waals surface area contributed by atoms with E-state index in [1.807, 2.05) is 18.3 Å². The highest BCUT2D eigenvalue weighted by Gasteiger charge is 2.40. The molecule has 0 aliphatic carbocycles. The predicted octanol–water partition coefficient (Wildman–Crippen LogP) is 3.44. The normalized spacial score (nSPS) is 21.0. The Balaban J connectivity index is 1.94. The molecular formula is C16H19BrN4S2. The minimum Gasteiger partial charge on any atom is -0.352 e. The molecule has 0 bridgehead atoms. The molecule has 0 spiro atoms. The van der Waals surface area contributed by atoms with Crippen LogP contribution in [-0.2, 0) is 0 Å². The monoisotopic (exact) mass is 410 g/mol. The second-order valence-electron chi connectivity index (χ2n) is 5.77. The summed E-state index contributed by atoms with van der Waals surface area (Å²) >= 11 is 10.9. The van der Waals surface area contributed by atoms with Gasteiger partial charge in [0.2, 0.25) is 0 Å². The average molecular weight is 411 g/mol. The summed E-state index contributed by atoms with van der Waals surface area (Å²) in [7, 11) is 4.17. The SMILES string of the molecule is CN(C)CCN1C(=S)N[C@H](c2ccccn2)[C@H]1c1ccc(Br)s1. The van der Waals surface area contributed by atoms with E-state index in [9.17, 15) is 0 Å². The van der Waals surface area contributed by atoms with E-state index in [4.69, 9.17) is 12.2 Å². The number of rotatable bonds is 5. The van der Waals surface area contributed by atoms with Gasteiger partial charge in [0.25, 0.3) is 0 Å². The Morgan fingerprint density at radius 1 is 1.35 bits per heavy atom. The highest BCUT2D eigenvalue weighted by atomic mass is 79.9. The second-order valence-corrected chi connectivity index (χ2v) is 8.65. The summed E-state index contributed by atoms with van der Waals surface area (Å²) in [6, 6.07) is 10.6. The van der Waals surface area contributed by atoms with Gasteiger partial charge in [0.15, 0.2) is 5.11 Å². The first-order chi connectivity index (χ1) is 11.1. The highest BCUT2D eigenvalue weighted by Crippen LogP contribution is 2.41. The number of thiocarbonyl (C=S) groups is 1. The van der Waals surface area contributed by atoms with Crippen LogP contribution < -0.4 is 5.32 Å². The van der Waals surface area contributed by atoms with E-state index < -0.39 is 0 Å². The number of hydrogen-bond donors (Lipinski definition) is 1. The molecule has 1 aliphatic rings. The smallest absolute Gasteiger partial charge is 0.170 e. The number of likely N-dealkylation sites (N-methyl/N-ethyl adjacent to an activating group) is 1. The number of nitrogens with zero attached hydrogens (tertiary/aromatic N) is 3. The summed E-state index contributed by atoms with van der Waals surface area (Å²) in [5.41, 5.74) is 1.02. The van der Waals surface area contributed by atoms with Gasteiger partial charge in [0, 0.05) is 24.2 Å². The van der Waals surface area contributed by atoms with Crippen LogP contribution in [0.25, 0.3) is 0 Å². The Kier molecular flexibility index (Phi) is 5.31. The summed E-state index contributed by atoms with van der Waals surface area (Å²) in [5.74, 6) is 0. The number of nitrogens with one attached hydrogen (secondary N) is 1. The fraction of sp³-hybridized carbons (Fsp3) is 0.375. The van der Waals surface area contributed by atoms with Gasteiger partial charge in [-0.3, -0.25) is 4.98 Å². The first kappa shape index (κ1) is 16.8. The molecule has 122 valence electrons. The molecule has 0 radical (unpaired) electrons. The van der Waals surface area contributed by atoms with Gasteiger partial charge >= 0.3 is 0 Å². The molecule has 23 heavy (non-hydrogen) atoms. The van der Waals surface area contributed by atoms with Crippen LogP contribution in [0.4, 0.5) is 0 Å². The van der Waals surface area contributed by atoms with Crippen molar-refractivity contribution >= 4 is 44.6 Å². The maximum atomic E-state index is 5.61. The summed E-state index contributed by atoms with van der Waals surface area (Å²) in [5, 5.41) is 4.27. The third kappa shape index (κ3) is 3.74. The lowest BCUT2D eigenvalue weighted by Crippen LogP contribution is -2.35. The van der Waals surface area contributed by atoms with Crippen LogP contribution in [0.1, 0.15) is 22.7 Å². The van der Waals surface area contributed by atoms with Gasteiger partial charge in [-0.1, -0.05) is 6.07 Å². The number of pyridine rings is 1. The molecule has 1 N–H and O–H groups in total. The third-order valence-electron chi connectivity index (χ3n) is 3.87. The molecule has 1 aliphatic heterocycles. The van der Waals surface area contributed by atoms with Crippen LogP contribution in [0.3, 0.4) is 0 Å². The van der Waals surface area contributed by atoms with E-state index in [1.165, 1.54) is 4.88 Å². The Morgan fingerprint density at radius 3 is 2.78 bits per heavy atom. The van der Waals surface area contributed by atoms with Crippen molar-refractivity contribution in [1.29, 1.82) is 0 Å². The number of thiophene rings is 1. The molecule has 2 atom stereocenters. The average Bonchev–Trinajstić information content (AvgIpc) is 3.09. The van der Waals surface area contributed by atoms with Crippen LogP contribution >= 0.6 is 39.5 Å². The first-order valence-corrected chi connectivity index (χ1v) is 9.46. The van der Waals surface area contributed by atoms with Gasteiger partial charge in [0.1, 0.15) is 0 Å². The molecule has 1 saturated heterocycles. The lowest BCUT2D eigenvalue weighted by molar-refractivity contribution is 0.280. The molecule has 7 heteroatoms. The highest BCUT2D eigenvalue weighted by molar-refractivity contribution is 9.11. The largest absolute Gasteiger partial charge is 0.352 e. The molecule has 0 amide bonds. The minimum absolute atomic E-state index is 0.0800. The molecule has 4 nitrogen and oxygen atoms in total. The van der Waals surface area contributed by atoms with Crippen LogP contribution in [0.5, 0.6) is 0 Å². The summed E-state index contributed by atoms with van der Waals surface area (Å²) in [4.78, 5) is 10.3. The van der Waals surface area contributed by atoms with E-state index in [0.717, 1.165) is 27.7 Å². The minimum atomic E-state index is 0.0800. The van der Waals surface area contributed by atoms with Crippen molar-refractivity contribution in [3.63, 3.8) is 0 Å². The first-order valence-electron chi connectivity index (χ1n) is 7.44. The number of aromatic nitrogens is 1. The zero-order valence-electron chi connectivity index (χ0n) is 13.1.